The fourth-order valence-electron chi connectivity index (χ4n) is 5.17. The van der Waals surface area contributed by atoms with E-state index in [-0.39, 0.29) is 23.4 Å². The summed E-state index contributed by atoms with van der Waals surface area (Å²) in [5.74, 6) is -2.70. The van der Waals surface area contributed by atoms with Crippen LogP contribution in [0.4, 0.5) is 0 Å². The molecule has 2 aromatic rings. The van der Waals surface area contributed by atoms with E-state index in [1.165, 1.54) is 9.80 Å². The lowest BCUT2D eigenvalue weighted by Gasteiger charge is -2.29. The quantitative estimate of drug-likeness (QED) is 0.228. The molecule has 0 saturated carbocycles. The number of hydrogen-bond donors (Lipinski definition) is 2. The zero-order valence-corrected chi connectivity index (χ0v) is 22.1. The summed E-state index contributed by atoms with van der Waals surface area (Å²) in [6, 6.07) is 5.99. The molecule has 1 amide bonds. The number of aromatic nitrogens is 1. The highest BCUT2D eigenvalue weighted by Crippen LogP contribution is 2.40. The fourth-order valence-corrected chi connectivity index (χ4v) is 5.36. The van der Waals surface area contributed by atoms with Crippen LogP contribution < -0.4 is 10.0 Å². The summed E-state index contributed by atoms with van der Waals surface area (Å²) < 4.78 is 10.5. The number of amides is 1. The first-order valence-electron chi connectivity index (χ1n) is 12.5. The van der Waals surface area contributed by atoms with Crippen molar-refractivity contribution in [2.45, 2.75) is 33.2 Å². The van der Waals surface area contributed by atoms with E-state index in [2.05, 4.69) is 4.98 Å². The monoisotopic (exact) mass is 529 g/mol. The third kappa shape index (κ3) is 5.44. The number of aryl methyl sites for hydroxylation is 1. The van der Waals surface area contributed by atoms with Crippen molar-refractivity contribution in [3.05, 3.63) is 62.9 Å². The first-order chi connectivity index (χ1) is 17.7. The number of likely N-dealkylation sites (tertiary alicyclic amines) is 1. The number of nitrogens with one attached hydrogen (secondary N) is 2. The SMILES string of the molecule is CCOC(=O)c1[nH]c(C)c(C([O-])=C2C(=O)C(=O)N(CCC[NH+]3CCOCC3)C2c2cccc(Cl)c2)c1C. The first-order valence-corrected chi connectivity index (χ1v) is 12.9. The molecule has 1 atom stereocenters. The van der Waals surface area contributed by atoms with Gasteiger partial charge in [0, 0.05) is 29.3 Å². The van der Waals surface area contributed by atoms with Crippen LogP contribution in [0.2, 0.25) is 5.02 Å². The normalized spacial score (nSPS) is 20.0. The maximum absolute atomic E-state index is 13.9. The average molecular weight is 530 g/mol. The number of carbonyl (C=O) groups excluding carboxylic acids is 3. The minimum absolute atomic E-state index is 0.133. The summed E-state index contributed by atoms with van der Waals surface area (Å²) in [4.78, 5) is 44.7. The van der Waals surface area contributed by atoms with Gasteiger partial charge in [0.25, 0.3) is 5.91 Å². The highest BCUT2D eigenvalue weighted by Gasteiger charge is 2.44. The van der Waals surface area contributed by atoms with Crippen molar-refractivity contribution in [1.29, 1.82) is 0 Å². The van der Waals surface area contributed by atoms with Crippen LogP contribution in [0.5, 0.6) is 0 Å². The molecule has 10 heteroatoms. The molecule has 198 valence electrons. The predicted octanol–water partition coefficient (Wildman–Crippen LogP) is 0.991. The molecule has 4 rings (SSSR count). The molecule has 2 N–H and O–H groups in total. The largest absolute Gasteiger partial charge is 0.872 e. The van der Waals surface area contributed by atoms with Crippen LogP contribution in [0.25, 0.3) is 5.76 Å². The van der Waals surface area contributed by atoms with Crippen molar-refractivity contribution >= 4 is 35.0 Å². The Labute approximate surface area is 221 Å². The number of aromatic amines is 1. The second-order valence-electron chi connectivity index (χ2n) is 9.34. The second-order valence-corrected chi connectivity index (χ2v) is 9.78. The maximum Gasteiger partial charge on any atom is 0.355 e. The van der Waals surface area contributed by atoms with Crippen molar-refractivity contribution in [3.63, 3.8) is 0 Å². The number of morpholine rings is 1. The van der Waals surface area contributed by atoms with Crippen LogP contribution in [-0.4, -0.2) is 73.5 Å². The molecule has 3 heterocycles. The van der Waals surface area contributed by atoms with E-state index >= 15 is 0 Å². The summed E-state index contributed by atoms with van der Waals surface area (Å²) in [6.45, 7) is 9.51. The summed E-state index contributed by atoms with van der Waals surface area (Å²) in [5, 5.41) is 14.4. The van der Waals surface area contributed by atoms with E-state index in [9.17, 15) is 19.5 Å². The maximum atomic E-state index is 13.9. The lowest BCUT2D eigenvalue weighted by molar-refractivity contribution is -0.908. The van der Waals surface area contributed by atoms with Crippen molar-refractivity contribution in [1.82, 2.24) is 9.88 Å². The number of hydrogen-bond acceptors (Lipinski definition) is 6. The molecule has 0 radical (unpaired) electrons. The molecule has 2 fully saturated rings. The standard InChI is InChI=1S/C27H32ClN3O6/c1-4-37-27(35)22-16(2)20(17(3)29-22)24(32)21-23(18-7-5-8-19(28)15-18)31(26(34)25(21)33)10-6-9-30-11-13-36-14-12-30/h5,7-8,15,23,29,32H,4,6,9-14H2,1-3H3. The number of quaternary nitrogens is 1. The van der Waals surface area contributed by atoms with Gasteiger partial charge in [-0.05, 0) is 49.6 Å². The minimum Gasteiger partial charge on any atom is -0.872 e. The first kappa shape index (κ1) is 26.9. The van der Waals surface area contributed by atoms with Crippen molar-refractivity contribution in [2.75, 3.05) is 46.0 Å². The van der Waals surface area contributed by atoms with Gasteiger partial charge in [0.1, 0.15) is 18.8 Å². The third-order valence-corrected chi connectivity index (χ3v) is 7.20. The van der Waals surface area contributed by atoms with Crippen LogP contribution in [0.3, 0.4) is 0 Å². The van der Waals surface area contributed by atoms with E-state index in [1.807, 2.05) is 0 Å². The van der Waals surface area contributed by atoms with Crippen molar-refractivity contribution in [3.8, 4) is 0 Å². The number of carbonyl (C=O) groups is 3. The predicted molar refractivity (Wildman–Crippen MR) is 135 cm³/mol. The number of rotatable bonds is 8. The second kappa shape index (κ2) is 11.5. The van der Waals surface area contributed by atoms with Crippen molar-refractivity contribution in [2.24, 2.45) is 0 Å². The van der Waals surface area contributed by atoms with Crippen molar-refractivity contribution < 1.29 is 33.9 Å². The summed E-state index contributed by atoms with van der Waals surface area (Å²) in [7, 11) is 0. The Morgan fingerprint density at radius 2 is 2.00 bits per heavy atom. The lowest BCUT2D eigenvalue weighted by atomic mass is 9.94. The molecule has 0 bridgehead atoms. The topological polar surface area (TPSA) is 116 Å². The van der Waals surface area contributed by atoms with Gasteiger partial charge < -0.3 is 29.4 Å². The Kier molecular flexibility index (Phi) is 8.36. The summed E-state index contributed by atoms with van der Waals surface area (Å²) in [5.41, 5.74) is 1.62. The number of halogens is 1. The molecular formula is C27H32ClN3O6. The van der Waals surface area contributed by atoms with Gasteiger partial charge in [-0.25, -0.2) is 4.79 Å². The molecule has 2 aliphatic rings. The van der Waals surface area contributed by atoms with Gasteiger partial charge in [0.05, 0.1) is 32.4 Å². The molecule has 1 unspecified atom stereocenters. The molecule has 2 saturated heterocycles. The van der Waals surface area contributed by atoms with Crippen LogP contribution >= 0.6 is 11.6 Å². The van der Waals surface area contributed by atoms with Gasteiger partial charge >= 0.3 is 5.97 Å². The highest BCUT2D eigenvalue weighted by molar-refractivity contribution is 6.46. The van der Waals surface area contributed by atoms with Gasteiger partial charge in [0.2, 0.25) is 5.78 Å². The number of ether oxygens (including phenoxy) is 2. The van der Waals surface area contributed by atoms with E-state index in [0.29, 0.717) is 48.0 Å². The number of esters is 1. The molecule has 2 aliphatic heterocycles. The van der Waals surface area contributed by atoms with Crippen LogP contribution in [0.15, 0.2) is 29.8 Å². The average Bonchev–Trinajstić information content (AvgIpc) is 3.32. The summed E-state index contributed by atoms with van der Waals surface area (Å²) in [6.07, 6.45) is 0.669. The molecule has 0 spiro atoms. The number of nitrogens with zero attached hydrogens (tertiary/aromatic N) is 1. The van der Waals surface area contributed by atoms with Gasteiger partial charge in [-0.1, -0.05) is 29.5 Å². The van der Waals surface area contributed by atoms with E-state index in [1.54, 1.807) is 45.0 Å². The molecule has 1 aromatic heterocycles. The number of benzene rings is 1. The lowest BCUT2D eigenvalue weighted by Crippen LogP contribution is -3.14. The molecule has 9 nitrogen and oxygen atoms in total. The molecule has 1 aromatic carbocycles. The minimum atomic E-state index is -0.870. The Morgan fingerprint density at radius 3 is 2.68 bits per heavy atom. The van der Waals surface area contributed by atoms with Gasteiger partial charge in [-0.15, -0.1) is 0 Å². The van der Waals surface area contributed by atoms with E-state index < -0.39 is 29.5 Å². The van der Waals surface area contributed by atoms with E-state index in [4.69, 9.17) is 21.1 Å². The Morgan fingerprint density at radius 1 is 1.27 bits per heavy atom. The van der Waals surface area contributed by atoms with Crippen LogP contribution in [0.1, 0.15) is 52.3 Å². The molecule has 37 heavy (non-hydrogen) atoms. The third-order valence-electron chi connectivity index (χ3n) is 6.97. The van der Waals surface area contributed by atoms with Gasteiger partial charge in [0.15, 0.2) is 0 Å². The Hall–Kier alpha value is -3.14. The highest BCUT2D eigenvalue weighted by atomic mass is 35.5. The van der Waals surface area contributed by atoms with Gasteiger partial charge in [-0.2, -0.15) is 0 Å². The molecule has 0 aliphatic carbocycles. The van der Waals surface area contributed by atoms with Crippen LogP contribution in [0, 0.1) is 13.8 Å². The fraction of sp³-hybridized carbons (Fsp3) is 0.444. The zero-order chi connectivity index (χ0) is 26.7. The Balaban J connectivity index is 1.74. The molecular weight excluding hydrogens is 498 g/mol. The number of H-pyrrole nitrogens is 1. The van der Waals surface area contributed by atoms with Gasteiger partial charge in [-0.3, -0.25) is 9.59 Å². The van der Waals surface area contributed by atoms with E-state index in [0.717, 1.165) is 19.6 Å². The number of ketones is 1. The zero-order valence-electron chi connectivity index (χ0n) is 21.3. The van der Waals surface area contributed by atoms with Crippen LogP contribution in [-0.2, 0) is 19.1 Å². The smallest absolute Gasteiger partial charge is 0.355 e. The number of Topliss-reactive ketones (excluding diaryl/α,β-unsaturated/α-hetero) is 1. The summed E-state index contributed by atoms with van der Waals surface area (Å²) >= 11 is 6.26. The Bertz CT molecular complexity index is 1230.